The van der Waals surface area contributed by atoms with E-state index >= 15 is 0 Å². The summed E-state index contributed by atoms with van der Waals surface area (Å²) >= 11 is 0. The van der Waals surface area contributed by atoms with Gasteiger partial charge in [-0.05, 0) is 0 Å². The summed E-state index contributed by atoms with van der Waals surface area (Å²) in [4.78, 5) is 49.1. The van der Waals surface area contributed by atoms with E-state index in [2.05, 4.69) is 9.97 Å². The van der Waals surface area contributed by atoms with Crippen LogP contribution in [0.3, 0.4) is 0 Å². The Bertz CT molecular complexity index is 719. The lowest BCUT2D eigenvalue weighted by Gasteiger charge is -2.01. The van der Waals surface area contributed by atoms with E-state index in [4.69, 9.17) is 10.2 Å². The van der Waals surface area contributed by atoms with Crippen molar-refractivity contribution < 1.29 is 19.8 Å². The maximum atomic E-state index is 11.6. The van der Waals surface area contributed by atoms with Crippen LogP contribution < -0.4 is 10.9 Å². The van der Waals surface area contributed by atoms with Gasteiger partial charge in [0.2, 0.25) is 10.9 Å². The Labute approximate surface area is 111 Å². The highest BCUT2D eigenvalue weighted by atomic mass is 16.4. The van der Waals surface area contributed by atoms with Crippen LogP contribution in [0, 0.1) is 0 Å². The van der Waals surface area contributed by atoms with Crippen LogP contribution in [-0.2, 0) is 0 Å². The lowest BCUT2D eigenvalue weighted by molar-refractivity contribution is 0.0679. The molecule has 0 amide bonds. The topological polar surface area (TPSA) is 140 Å². The number of nitrogens with one attached hydrogen (secondary N) is 2. The third-order valence-corrected chi connectivity index (χ3v) is 2.27. The first-order valence-corrected chi connectivity index (χ1v) is 5.67. The van der Waals surface area contributed by atoms with Crippen molar-refractivity contribution in [3.8, 4) is 0 Å². The molecule has 2 aromatic rings. The first kappa shape index (κ1) is 15.2. The van der Waals surface area contributed by atoms with Crippen LogP contribution in [0.15, 0.2) is 21.7 Å². The summed E-state index contributed by atoms with van der Waals surface area (Å²) in [5.74, 6) is -2.79. The van der Waals surface area contributed by atoms with Gasteiger partial charge >= 0.3 is 11.9 Å². The van der Waals surface area contributed by atoms with Gasteiger partial charge in [0, 0.05) is 12.1 Å². The average Bonchev–Trinajstić information content (AvgIpc) is 2.41. The standard InChI is InChI=1S/C10H6N2O6.C2H6/c13-5-1-3(9(15)16)11-8-6(14)2-4(10(17)18)12-7(5)8;1-2/h1-2H,(H,11,13)(H,12,14)(H,15,16)(H,17,18);1-2H3. The summed E-state index contributed by atoms with van der Waals surface area (Å²) in [6.07, 6.45) is 0. The molecule has 106 valence electrons. The second kappa shape index (κ2) is 5.83. The van der Waals surface area contributed by atoms with Crippen molar-refractivity contribution in [2.75, 3.05) is 0 Å². The molecule has 0 aliphatic rings. The zero-order valence-electron chi connectivity index (χ0n) is 10.7. The zero-order chi connectivity index (χ0) is 15.4. The van der Waals surface area contributed by atoms with Crippen LogP contribution >= 0.6 is 0 Å². The highest BCUT2D eigenvalue weighted by Crippen LogP contribution is 2.03. The minimum absolute atomic E-state index is 0.273. The van der Waals surface area contributed by atoms with Gasteiger partial charge < -0.3 is 20.2 Å². The number of pyridine rings is 2. The molecule has 0 fully saturated rings. The molecule has 0 aliphatic carbocycles. The minimum atomic E-state index is -1.39. The molecule has 0 bridgehead atoms. The van der Waals surface area contributed by atoms with Crippen LogP contribution in [0.1, 0.15) is 34.8 Å². The Morgan fingerprint density at radius 1 is 0.850 bits per heavy atom. The highest BCUT2D eigenvalue weighted by molar-refractivity contribution is 5.91. The molecule has 0 spiro atoms. The van der Waals surface area contributed by atoms with Gasteiger partial charge in [-0.2, -0.15) is 0 Å². The molecule has 2 rings (SSSR count). The maximum Gasteiger partial charge on any atom is 0.352 e. The van der Waals surface area contributed by atoms with Crippen LogP contribution in [0.5, 0.6) is 0 Å². The summed E-state index contributed by atoms with van der Waals surface area (Å²) in [7, 11) is 0. The first-order valence-electron chi connectivity index (χ1n) is 5.67. The third-order valence-electron chi connectivity index (χ3n) is 2.27. The molecule has 0 saturated carbocycles. The van der Waals surface area contributed by atoms with Gasteiger partial charge in [0.1, 0.15) is 22.4 Å². The van der Waals surface area contributed by atoms with Crippen molar-refractivity contribution >= 4 is 23.0 Å². The molecule has 2 aromatic heterocycles. The molecule has 0 aliphatic heterocycles. The fraction of sp³-hybridized carbons (Fsp3) is 0.167. The van der Waals surface area contributed by atoms with Crippen LogP contribution in [0.2, 0.25) is 0 Å². The predicted molar refractivity (Wildman–Crippen MR) is 70.5 cm³/mol. The normalized spacial score (nSPS) is 9.70. The van der Waals surface area contributed by atoms with Crippen LogP contribution in [-0.4, -0.2) is 32.1 Å². The van der Waals surface area contributed by atoms with Crippen molar-refractivity contribution in [1.29, 1.82) is 0 Å². The summed E-state index contributed by atoms with van der Waals surface area (Å²) in [5, 5.41) is 17.5. The van der Waals surface area contributed by atoms with E-state index in [-0.39, 0.29) is 11.0 Å². The number of rotatable bonds is 2. The van der Waals surface area contributed by atoms with Gasteiger partial charge in [0.05, 0.1) is 0 Å². The van der Waals surface area contributed by atoms with Crippen LogP contribution in [0.25, 0.3) is 11.0 Å². The van der Waals surface area contributed by atoms with E-state index in [0.29, 0.717) is 0 Å². The molecular formula is C12H12N2O6. The summed E-state index contributed by atoms with van der Waals surface area (Å²) in [6.45, 7) is 4.00. The Kier molecular flexibility index (Phi) is 4.42. The molecule has 0 aromatic carbocycles. The largest absolute Gasteiger partial charge is 0.477 e. The Morgan fingerprint density at radius 3 is 1.40 bits per heavy atom. The summed E-state index contributed by atoms with van der Waals surface area (Å²) < 4.78 is 0. The summed E-state index contributed by atoms with van der Waals surface area (Å²) in [5.41, 5.74) is -2.99. The van der Waals surface area contributed by atoms with E-state index in [0.717, 1.165) is 12.1 Å². The van der Waals surface area contributed by atoms with Gasteiger partial charge in [0.15, 0.2) is 0 Å². The average molecular weight is 280 g/mol. The minimum Gasteiger partial charge on any atom is -0.477 e. The molecule has 0 saturated heterocycles. The van der Waals surface area contributed by atoms with Crippen molar-refractivity contribution in [2.24, 2.45) is 0 Å². The van der Waals surface area contributed by atoms with Crippen molar-refractivity contribution in [3.63, 3.8) is 0 Å². The lowest BCUT2D eigenvalue weighted by Crippen LogP contribution is -2.18. The molecule has 0 atom stereocenters. The smallest absolute Gasteiger partial charge is 0.352 e. The number of carboxylic acid groups (broad SMARTS) is 2. The number of hydrogen-bond acceptors (Lipinski definition) is 4. The molecular weight excluding hydrogens is 268 g/mol. The number of carbonyl (C=O) groups is 2. The number of aromatic amines is 2. The molecule has 0 unspecified atom stereocenters. The van der Waals surface area contributed by atoms with Crippen LogP contribution in [0.4, 0.5) is 0 Å². The van der Waals surface area contributed by atoms with Crippen molar-refractivity contribution in [2.45, 2.75) is 13.8 Å². The number of carboxylic acids is 2. The van der Waals surface area contributed by atoms with E-state index in [1.807, 2.05) is 13.8 Å². The molecule has 4 N–H and O–H groups in total. The number of H-pyrrole nitrogens is 2. The maximum absolute atomic E-state index is 11.6. The van der Waals surface area contributed by atoms with Crippen molar-refractivity contribution in [1.82, 2.24) is 9.97 Å². The Morgan fingerprint density at radius 2 is 1.15 bits per heavy atom. The van der Waals surface area contributed by atoms with E-state index in [1.54, 1.807) is 0 Å². The summed E-state index contributed by atoms with van der Waals surface area (Å²) in [6, 6.07) is 1.54. The van der Waals surface area contributed by atoms with Crippen molar-refractivity contribution in [3.05, 3.63) is 44.0 Å². The monoisotopic (exact) mass is 280 g/mol. The second-order valence-electron chi connectivity index (χ2n) is 3.45. The van der Waals surface area contributed by atoms with Gasteiger partial charge in [0.25, 0.3) is 0 Å². The highest BCUT2D eigenvalue weighted by Gasteiger charge is 2.13. The number of fused-ring (bicyclic) bond motifs is 1. The van der Waals surface area contributed by atoms with E-state index < -0.39 is 34.2 Å². The van der Waals surface area contributed by atoms with Gasteiger partial charge in [-0.3, -0.25) is 9.59 Å². The number of aromatic carboxylic acids is 2. The lowest BCUT2D eigenvalue weighted by atomic mass is 10.2. The zero-order valence-corrected chi connectivity index (χ0v) is 10.7. The predicted octanol–water partition coefficient (Wildman–Crippen LogP) is 0.639. The quantitative estimate of drug-likeness (QED) is 0.636. The number of aromatic nitrogens is 2. The molecule has 8 heteroatoms. The SMILES string of the molecule is CC.O=C(O)c1cc(=O)c2[nH]c(C(=O)O)cc(=O)c2[nH]1. The second-order valence-corrected chi connectivity index (χ2v) is 3.45. The molecule has 2 heterocycles. The Balaban J connectivity index is 0.000000956. The number of hydrogen-bond donors (Lipinski definition) is 4. The Hall–Kier alpha value is -2.90. The van der Waals surface area contributed by atoms with Gasteiger partial charge in [-0.25, -0.2) is 9.59 Å². The van der Waals surface area contributed by atoms with Gasteiger partial charge in [-0.15, -0.1) is 0 Å². The molecule has 8 nitrogen and oxygen atoms in total. The molecule has 20 heavy (non-hydrogen) atoms. The van der Waals surface area contributed by atoms with E-state index in [1.165, 1.54) is 0 Å². The van der Waals surface area contributed by atoms with Gasteiger partial charge in [-0.1, -0.05) is 13.8 Å². The first-order chi connectivity index (χ1) is 9.40. The third kappa shape index (κ3) is 2.74. The van der Waals surface area contributed by atoms with E-state index in [9.17, 15) is 19.2 Å². The fourth-order valence-electron chi connectivity index (χ4n) is 1.47. The molecule has 0 radical (unpaired) electrons. The fourth-order valence-corrected chi connectivity index (χ4v) is 1.47.